The van der Waals surface area contributed by atoms with Gasteiger partial charge < -0.3 is 10.8 Å². The maximum Gasteiger partial charge on any atom is 0.358 e. The fraction of sp³-hybridized carbons (Fsp3) is 0.167. The van der Waals surface area contributed by atoms with E-state index in [1.807, 2.05) is 0 Å². The van der Waals surface area contributed by atoms with Crippen molar-refractivity contribution >= 4 is 11.9 Å². The Morgan fingerprint density at radius 2 is 1.95 bits per heavy atom. The van der Waals surface area contributed by atoms with Crippen molar-refractivity contribution in [2.24, 2.45) is 5.73 Å². The second-order valence-corrected chi connectivity index (χ2v) is 4.05. The van der Waals surface area contributed by atoms with Gasteiger partial charge in [-0.05, 0) is 24.6 Å². The summed E-state index contributed by atoms with van der Waals surface area (Å²) in [5.74, 6) is -1.59. The van der Waals surface area contributed by atoms with E-state index in [2.05, 4.69) is 10.3 Å². The summed E-state index contributed by atoms with van der Waals surface area (Å²) in [7, 11) is 0. The third kappa shape index (κ3) is 2.59. The molecule has 98 valence electrons. The summed E-state index contributed by atoms with van der Waals surface area (Å²) in [4.78, 5) is 21.8. The summed E-state index contributed by atoms with van der Waals surface area (Å²) in [6.07, 6.45) is 0. The van der Waals surface area contributed by atoms with Crippen LogP contribution in [0.4, 0.5) is 0 Å². The molecule has 7 nitrogen and oxygen atoms in total. The number of carbonyl (C=O) groups excluding carboxylic acids is 1. The quantitative estimate of drug-likeness (QED) is 0.828. The van der Waals surface area contributed by atoms with E-state index in [1.54, 1.807) is 31.2 Å². The summed E-state index contributed by atoms with van der Waals surface area (Å²) in [6.45, 7) is 2.02. The molecule has 0 spiro atoms. The number of carboxylic acids is 1. The van der Waals surface area contributed by atoms with Gasteiger partial charge in [-0.3, -0.25) is 4.79 Å². The van der Waals surface area contributed by atoms with Crippen molar-refractivity contribution in [2.75, 3.05) is 0 Å². The Hall–Kier alpha value is -2.70. The van der Waals surface area contributed by atoms with E-state index in [9.17, 15) is 9.59 Å². The number of primary amides is 1. The van der Waals surface area contributed by atoms with Crippen molar-refractivity contribution in [1.29, 1.82) is 0 Å². The Labute approximate surface area is 108 Å². The van der Waals surface area contributed by atoms with Crippen LogP contribution in [0.1, 0.15) is 32.1 Å². The minimum atomic E-state index is -1.10. The predicted molar refractivity (Wildman–Crippen MR) is 65.8 cm³/mol. The lowest BCUT2D eigenvalue weighted by molar-refractivity contribution is 0.0689. The molecule has 2 rings (SSSR count). The van der Waals surface area contributed by atoms with Crippen molar-refractivity contribution < 1.29 is 14.7 Å². The lowest BCUT2D eigenvalue weighted by Gasteiger charge is -2.04. The van der Waals surface area contributed by atoms with Crippen LogP contribution in [0.5, 0.6) is 0 Å². The molecule has 0 aliphatic rings. The number of aromatic nitrogens is 3. The highest BCUT2D eigenvalue weighted by Gasteiger charge is 2.15. The number of nitrogens with zero attached hydrogens (tertiary/aromatic N) is 3. The first-order valence-corrected chi connectivity index (χ1v) is 5.51. The summed E-state index contributed by atoms with van der Waals surface area (Å²) < 4.78 is 1.49. The van der Waals surface area contributed by atoms with Crippen LogP contribution in [-0.2, 0) is 6.54 Å². The number of carboxylic acid groups (broad SMARTS) is 1. The van der Waals surface area contributed by atoms with Crippen LogP contribution in [0.3, 0.4) is 0 Å². The number of nitrogens with two attached hydrogens (primary N) is 1. The SMILES string of the molecule is Cc1c(C(=O)O)nnn1Cc1ccc(C(N)=O)cc1. The number of aromatic carboxylic acids is 1. The fourth-order valence-electron chi connectivity index (χ4n) is 1.66. The molecule has 1 aromatic carbocycles. The van der Waals surface area contributed by atoms with Gasteiger partial charge in [0, 0.05) is 5.56 Å². The molecule has 0 unspecified atom stereocenters. The lowest BCUT2D eigenvalue weighted by atomic mass is 10.1. The van der Waals surface area contributed by atoms with Crippen LogP contribution in [0.2, 0.25) is 0 Å². The van der Waals surface area contributed by atoms with Crippen molar-refractivity contribution in [3.63, 3.8) is 0 Å². The number of rotatable bonds is 4. The zero-order valence-electron chi connectivity index (χ0n) is 10.2. The second kappa shape index (κ2) is 4.89. The van der Waals surface area contributed by atoms with E-state index in [1.165, 1.54) is 4.68 Å². The number of hydrogen-bond donors (Lipinski definition) is 2. The highest BCUT2D eigenvalue weighted by Crippen LogP contribution is 2.09. The first-order chi connectivity index (χ1) is 8.99. The monoisotopic (exact) mass is 260 g/mol. The molecule has 2 aromatic rings. The first kappa shape index (κ1) is 12.7. The molecular weight excluding hydrogens is 248 g/mol. The predicted octanol–water partition coefficient (Wildman–Crippen LogP) is 0.432. The van der Waals surface area contributed by atoms with Crippen LogP contribution in [0.15, 0.2) is 24.3 Å². The normalized spacial score (nSPS) is 10.4. The van der Waals surface area contributed by atoms with Gasteiger partial charge in [0.2, 0.25) is 5.91 Å². The van der Waals surface area contributed by atoms with Crippen LogP contribution >= 0.6 is 0 Å². The lowest BCUT2D eigenvalue weighted by Crippen LogP contribution is -2.11. The minimum absolute atomic E-state index is 0.0613. The van der Waals surface area contributed by atoms with E-state index < -0.39 is 11.9 Å². The molecule has 1 aromatic heterocycles. The summed E-state index contributed by atoms with van der Waals surface area (Å²) in [6, 6.07) is 6.70. The fourth-order valence-corrected chi connectivity index (χ4v) is 1.66. The average Bonchev–Trinajstić information content (AvgIpc) is 2.72. The van der Waals surface area contributed by atoms with Gasteiger partial charge in [-0.25, -0.2) is 9.48 Å². The molecule has 7 heteroatoms. The number of hydrogen-bond acceptors (Lipinski definition) is 4. The molecule has 0 atom stereocenters. The third-order valence-corrected chi connectivity index (χ3v) is 2.76. The maximum atomic E-state index is 10.9. The van der Waals surface area contributed by atoms with Gasteiger partial charge in [-0.1, -0.05) is 17.3 Å². The Balaban J connectivity index is 2.21. The molecule has 0 aliphatic heterocycles. The molecule has 3 N–H and O–H groups in total. The molecule has 1 amide bonds. The van der Waals surface area contributed by atoms with Crippen LogP contribution in [0.25, 0.3) is 0 Å². The van der Waals surface area contributed by atoms with E-state index >= 15 is 0 Å². The Bertz CT molecular complexity index is 631. The van der Waals surface area contributed by atoms with Crippen molar-refractivity contribution in [3.8, 4) is 0 Å². The van der Waals surface area contributed by atoms with E-state index in [-0.39, 0.29) is 5.69 Å². The molecular formula is C12H12N4O3. The highest BCUT2D eigenvalue weighted by molar-refractivity contribution is 5.92. The maximum absolute atomic E-state index is 10.9. The van der Waals surface area contributed by atoms with Gasteiger partial charge >= 0.3 is 5.97 Å². The van der Waals surface area contributed by atoms with Crippen LogP contribution in [-0.4, -0.2) is 32.0 Å². The molecule has 0 aliphatic carbocycles. The highest BCUT2D eigenvalue weighted by atomic mass is 16.4. The van der Waals surface area contributed by atoms with Gasteiger partial charge in [0.05, 0.1) is 12.2 Å². The Kier molecular flexibility index (Phi) is 3.28. The van der Waals surface area contributed by atoms with E-state index in [0.29, 0.717) is 17.8 Å². The third-order valence-electron chi connectivity index (χ3n) is 2.76. The topological polar surface area (TPSA) is 111 Å². The van der Waals surface area contributed by atoms with Crippen molar-refractivity contribution in [3.05, 3.63) is 46.8 Å². The van der Waals surface area contributed by atoms with E-state index in [4.69, 9.17) is 10.8 Å². The molecule has 0 saturated heterocycles. The van der Waals surface area contributed by atoms with Crippen molar-refractivity contribution in [2.45, 2.75) is 13.5 Å². The number of benzene rings is 1. The molecule has 0 fully saturated rings. The van der Waals surface area contributed by atoms with Crippen molar-refractivity contribution in [1.82, 2.24) is 15.0 Å². The zero-order valence-corrected chi connectivity index (χ0v) is 10.2. The summed E-state index contributed by atoms with van der Waals surface area (Å²) >= 11 is 0. The number of amides is 1. The van der Waals surface area contributed by atoms with Crippen LogP contribution < -0.4 is 5.73 Å². The largest absolute Gasteiger partial charge is 0.476 e. The first-order valence-electron chi connectivity index (χ1n) is 5.51. The standard InChI is InChI=1S/C12H12N4O3/c1-7-10(12(18)19)14-15-16(7)6-8-2-4-9(5-3-8)11(13)17/h2-5H,6H2,1H3,(H2,13,17)(H,18,19). The van der Waals surface area contributed by atoms with E-state index in [0.717, 1.165) is 5.56 Å². The molecule has 0 saturated carbocycles. The van der Waals surface area contributed by atoms with Gasteiger partial charge in [-0.2, -0.15) is 0 Å². The second-order valence-electron chi connectivity index (χ2n) is 4.05. The van der Waals surface area contributed by atoms with Gasteiger partial charge in [0.1, 0.15) is 0 Å². The summed E-state index contributed by atoms with van der Waals surface area (Å²) in [5.41, 5.74) is 6.85. The number of carbonyl (C=O) groups is 2. The molecule has 19 heavy (non-hydrogen) atoms. The average molecular weight is 260 g/mol. The minimum Gasteiger partial charge on any atom is -0.476 e. The van der Waals surface area contributed by atoms with Gasteiger partial charge in [-0.15, -0.1) is 5.10 Å². The summed E-state index contributed by atoms with van der Waals surface area (Å²) in [5, 5.41) is 16.3. The Morgan fingerprint density at radius 1 is 1.32 bits per heavy atom. The smallest absolute Gasteiger partial charge is 0.358 e. The van der Waals surface area contributed by atoms with Gasteiger partial charge in [0.15, 0.2) is 5.69 Å². The molecule has 1 heterocycles. The Morgan fingerprint density at radius 3 is 2.42 bits per heavy atom. The molecule has 0 bridgehead atoms. The molecule has 0 radical (unpaired) electrons. The van der Waals surface area contributed by atoms with Crippen LogP contribution in [0, 0.1) is 6.92 Å². The zero-order chi connectivity index (χ0) is 14.0. The van der Waals surface area contributed by atoms with Gasteiger partial charge in [0.25, 0.3) is 0 Å².